The highest BCUT2D eigenvalue weighted by molar-refractivity contribution is 5.74. The first-order chi connectivity index (χ1) is 21.6. The zero-order valence-electron chi connectivity index (χ0n) is 28.5. The number of hydrogen-bond donors (Lipinski definition) is 1. The molecule has 46 heavy (non-hydrogen) atoms. The average Bonchev–Trinajstić information content (AvgIpc) is 3.77. The molecule has 7 nitrogen and oxygen atoms in total. The second kappa shape index (κ2) is 14.6. The standard InChI is InChI=1S/C38H49FN2O5/c1-9-41(23-26-17-18-26)30-20-27(24-44-33-16-11-10-13-28(33)22-34(42)45-37(3,4)5)19-29(21-30)32-15-12-14-31(35(32)39)25(2)40-36(43)46-38(6,7)8/h10-16,19-21,25-26H,9,17-18,22-24H2,1-8H3,(H,40,43)/t25-/m1/s1. The maximum Gasteiger partial charge on any atom is 0.408 e. The normalized spacial score (nSPS) is 13.9. The number of carbonyl (C=O) groups is 2. The van der Waals surface area contributed by atoms with Gasteiger partial charge in [-0.1, -0.05) is 36.4 Å². The van der Waals surface area contributed by atoms with Crippen LogP contribution in [-0.2, 0) is 27.3 Å². The van der Waals surface area contributed by atoms with Gasteiger partial charge in [-0.25, -0.2) is 9.18 Å². The number of benzene rings is 3. The van der Waals surface area contributed by atoms with E-state index < -0.39 is 29.2 Å². The van der Waals surface area contributed by atoms with Gasteiger partial charge in [0.25, 0.3) is 0 Å². The van der Waals surface area contributed by atoms with Crippen LogP contribution in [0.15, 0.2) is 60.7 Å². The molecule has 1 atom stereocenters. The third-order valence-electron chi connectivity index (χ3n) is 7.56. The van der Waals surface area contributed by atoms with Crippen LogP contribution in [0.3, 0.4) is 0 Å². The lowest BCUT2D eigenvalue weighted by atomic mass is 9.97. The van der Waals surface area contributed by atoms with Crippen LogP contribution in [0, 0.1) is 11.7 Å². The predicted molar refractivity (Wildman–Crippen MR) is 181 cm³/mol. The Bertz CT molecular complexity index is 1520. The van der Waals surface area contributed by atoms with E-state index in [9.17, 15) is 9.59 Å². The first-order valence-electron chi connectivity index (χ1n) is 16.2. The Hall–Kier alpha value is -4.07. The number of para-hydroxylation sites is 1. The number of ether oxygens (including phenoxy) is 3. The summed E-state index contributed by atoms with van der Waals surface area (Å²) in [7, 11) is 0. The van der Waals surface area contributed by atoms with Gasteiger partial charge in [-0.3, -0.25) is 4.79 Å². The van der Waals surface area contributed by atoms with Crippen LogP contribution in [0.1, 0.15) is 91.0 Å². The van der Waals surface area contributed by atoms with Gasteiger partial charge >= 0.3 is 12.1 Å². The molecule has 0 saturated heterocycles. The average molecular weight is 633 g/mol. The van der Waals surface area contributed by atoms with E-state index in [1.807, 2.05) is 57.2 Å². The van der Waals surface area contributed by atoms with Crippen LogP contribution in [0.5, 0.6) is 5.75 Å². The summed E-state index contributed by atoms with van der Waals surface area (Å²) >= 11 is 0. The molecule has 0 spiro atoms. The van der Waals surface area contributed by atoms with Crippen molar-refractivity contribution in [2.75, 3.05) is 18.0 Å². The molecule has 0 radical (unpaired) electrons. The molecular formula is C38H49FN2O5. The van der Waals surface area contributed by atoms with E-state index in [4.69, 9.17) is 14.2 Å². The SMILES string of the molecule is CCN(CC1CC1)c1cc(COc2ccccc2CC(=O)OC(C)(C)C)cc(-c2cccc([C@@H](C)NC(=O)OC(C)(C)C)c2F)c1. The fraction of sp³-hybridized carbons (Fsp3) is 0.474. The van der Waals surface area contributed by atoms with E-state index in [-0.39, 0.29) is 19.0 Å². The molecule has 0 heterocycles. The largest absolute Gasteiger partial charge is 0.489 e. The monoisotopic (exact) mass is 632 g/mol. The van der Waals surface area contributed by atoms with Gasteiger partial charge in [-0.15, -0.1) is 0 Å². The molecule has 0 aromatic heterocycles. The van der Waals surface area contributed by atoms with Crippen LogP contribution >= 0.6 is 0 Å². The second-order valence-corrected chi connectivity index (χ2v) is 14.1. The molecule has 0 unspecified atom stereocenters. The Balaban J connectivity index is 1.64. The van der Waals surface area contributed by atoms with Crippen LogP contribution in [0.25, 0.3) is 11.1 Å². The van der Waals surface area contributed by atoms with E-state index in [0.717, 1.165) is 35.5 Å². The highest BCUT2D eigenvalue weighted by atomic mass is 19.1. The first-order valence-corrected chi connectivity index (χ1v) is 16.2. The number of esters is 1. The van der Waals surface area contributed by atoms with E-state index >= 15 is 4.39 Å². The number of nitrogens with one attached hydrogen (secondary N) is 1. The maximum absolute atomic E-state index is 16.2. The van der Waals surface area contributed by atoms with Gasteiger partial charge in [0.1, 0.15) is 29.4 Å². The summed E-state index contributed by atoms with van der Waals surface area (Å²) in [6.45, 7) is 16.8. The highest BCUT2D eigenvalue weighted by Crippen LogP contribution is 2.35. The van der Waals surface area contributed by atoms with Gasteiger partial charge in [0.15, 0.2) is 0 Å². The molecule has 1 amide bonds. The predicted octanol–water partition coefficient (Wildman–Crippen LogP) is 8.78. The van der Waals surface area contributed by atoms with Gasteiger partial charge in [-0.2, -0.15) is 0 Å². The summed E-state index contributed by atoms with van der Waals surface area (Å²) < 4.78 is 33.4. The Morgan fingerprint density at radius 3 is 2.30 bits per heavy atom. The zero-order chi connectivity index (χ0) is 33.6. The molecule has 1 aliphatic rings. The van der Waals surface area contributed by atoms with Crippen LogP contribution in [-0.4, -0.2) is 36.4 Å². The molecule has 3 aromatic carbocycles. The topological polar surface area (TPSA) is 77.1 Å². The summed E-state index contributed by atoms with van der Waals surface area (Å²) in [5, 5.41) is 2.76. The van der Waals surface area contributed by atoms with E-state index in [1.54, 1.807) is 45.9 Å². The Morgan fingerprint density at radius 2 is 1.65 bits per heavy atom. The molecule has 8 heteroatoms. The first kappa shape index (κ1) is 34.8. The Morgan fingerprint density at radius 1 is 0.957 bits per heavy atom. The smallest absolute Gasteiger partial charge is 0.408 e. The zero-order valence-corrected chi connectivity index (χ0v) is 28.5. The third-order valence-corrected chi connectivity index (χ3v) is 7.56. The van der Waals surface area contributed by atoms with Crippen molar-refractivity contribution in [3.05, 3.63) is 83.2 Å². The summed E-state index contributed by atoms with van der Waals surface area (Å²) in [4.78, 5) is 27.3. The Kier molecular flexibility index (Phi) is 11.0. The maximum atomic E-state index is 16.2. The molecule has 3 aromatic rings. The number of amides is 1. The lowest BCUT2D eigenvalue weighted by molar-refractivity contribution is -0.153. The van der Waals surface area contributed by atoms with E-state index in [1.165, 1.54) is 12.8 Å². The van der Waals surface area contributed by atoms with Crippen LogP contribution < -0.4 is 15.0 Å². The van der Waals surface area contributed by atoms with Crippen LogP contribution in [0.2, 0.25) is 0 Å². The summed E-state index contributed by atoms with van der Waals surface area (Å²) in [5.74, 6) is 0.545. The minimum Gasteiger partial charge on any atom is -0.489 e. The van der Waals surface area contributed by atoms with Gasteiger partial charge < -0.3 is 24.4 Å². The van der Waals surface area contributed by atoms with Crippen LogP contribution in [0.4, 0.5) is 14.9 Å². The summed E-state index contributed by atoms with van der Waals surface area (Å²) in [6.07, 6.45) is 1.94. The van der Waals surface area contributed by atoms with Gasteiger partial charge in [-0.05, 0) is 110 Å². The molecular weight excluding hydrogens is 583 g/mol. The fourth-order valence-corrected chi connectivity index (χ4v) is 5.28. The lowest BCUT2D eigenvalue weighted by Gasteiger charge is -2.25. The summed E-state index contributed by atoms with van der Waals surface area (Å²) in [6, 6.07) is 18.2. The number of hydrogen-bond acceptors (Lipinski definition) is 6. The fourth-order valence-electron chi connectivity index (χ4n) is 5.28. The van der Waals surface area contributed by atoms with Crippen molar-refractivity contribution in [3.63, 3.8) is 0 Å². The molecule has 248 valence electrons. The van der Waals surface area contributed by atoms with Gasteiger partial charge in [0.05, 0.1) is 12.5 Å². The third kappa shape index (κ3) is 10.2. The van der Waals surface area contributed by atoms with E-state index in [2.05, 4.69) is 23.2 Å². The molecule has 0 bridgehead atoms. The van der Waals surface area contributed by atoms with Gasteiger partial charge in [0, 0.05) is 35.5 Å². The highest BCUT2D eigenvalue weighted by Gasteiger charge is 2.25. The number of halogens is 1. The molecule has 1 aliphatic carbocycles. The molecule has 1 saturated carbocycles. The molecule has 4 rings (SSSR count). The second-order valence-electron chi connectivity index (χ2n) is 14.1. The van der Waals surface area contributed by atoms with Crippen molar-refractivity contribution in [1.82, 2.24) is 5.32 Å². The van der Waals surface area contributed by atoms with Crippen molar-refractivity contribution in [2.45, 2.75) is 98.5 Å². The van der Waals surface area contributed by atoms with Gasteiger partial charge in [0.2, 0.25) is 0 Å². The number of nitrogens with zero attached hydrogens (tertiary/aromatic N) is 1. The lowest BCUT2D eigenvalue weighted by Crippen LogP contribution is -2.34. The molecule has 1 fully saturated rings. The Labute approximate surface area is 273 Å². The molecule has 0 aliphatic heterocycles. The van der Waals surface area contributed by atoms with Crippen molar-refractivity contribution in [1.29, 1.82) is 0 Å². The summed E-state index contributed by atoms with van der Waals surface area (Å²) in [5.41, 5.74) is 2.89. The minimum absolute atomic E-state index is 0.0945. The minimum atomic E-state index is -0.662. The van der Waals surface area contributed by atoms with Crippen molar-refractivity contribution in [3.8, 4) is 16.9 Å². The number of anilines is 1. The van der Waals surface area contributed by atoms with E-state index in [0.29, 0.717) is 22.8 Å². The number of rotatable bonds is 12. The number of alkyl carbamates (subject to hydrolysis) is 1. The number of carbonyl (C=O) groups excluding carboxylic acids is 2. The van der Waals surface area contributed by atoms with Crippen molar-refractivity contribution < 1.29 is 28.2 Å². The van der Waals surface area contributed by atoms with Crippen molar-refractivity contribution in [2.24, 2.45) is 5.92 Å². The molecule has 1 N–H and O–H groups in total. The van der Waals surface area contributed by atoms with Crippen molar-refractivity contribution >= 4 is 17.7 Å². The quantitative estimate of drug-likeness (QED) is 0.201.